The Morgan fingerprint density at radius 3 is 2.65 bits per heavy atom. The Morgan fingerprint density at radius 1 is 1.18 bits per heavy atom. The van der Waals surface area contributed by atoms with Crippen molar-refractivity contribution in [2.24, 2.45) is 5.92 Å². The lowest BCUT2D eigenvalue weighted by Gasteiger charge is -2.30. The first-order valence-electron chi connectivity index (χ1n) is 11.9. The average Bonchev–Trinajstić information content (AvgIpc) is 2.82. The van der Waals surface area contributed by atoms with E-state index in [1.54, 1.807) is 18.3 Å². The van der Waals surface area contributed by atoms with Gasteiger partial charge in [-0.3, -0.25) is 14.7 Å². The van der Waals surface area contributed by atoms with Crippen molar-refractivity contribution < 1.29 is 18.3 Å². The number of β-amino-alcohol motifs (C(OH)–C–C–N with tert-alkyl or cyclic N) is 1. The van der Waals surface area contributed by atoms with Crippen LogP contribution in [0.3, 0.4) is 0 Å². The highest BCUT2D eigenvalue weighted by Crippen LogP contribution is 2.23. The van der Waals surface area contributed by atoms with Gasteiger partial charge in [0.25, 0.3) is 5.91 Å². The predicted molar refractivity (Wildman–Crippen MR) is 131 cm³/mol. The van der Waals surface area contributed by atoms with Gasteiger partial charge < -0.3 is 10.4 Å². The fourth-order valence-corrected chi connectivity index (χ4v) is 5.73. The summed E-state index contributed by atoms with van der Waals surface area (Å²) < 4.78 is 24.9. The molecule has 2 aromatic rings. The van der Waals surface area contributed by atoms with Crippen LogP contribution in [0.4, 0.5) is 0 Å². The van der Waals surface area contributed by atoms with Gasteiger partial charge in [0, 0.05) is 56.7 Å². The molecular weight excluding hydrogens is 452 g/mol. The number of carbonyl (C=O) groups is 1. The van der Waals surface area contributed by atoms with E-state index in [2.05, 4.69) is 33.4 Å². The highest BCUT2D eigenvalue weighted by Gasteiger charge is 2.25. The molecule has 1 atom stereocenters. The smallest absolute Gasteiger partial charge is 0.251 e. The standard InChI is InChI=1S/C25H34N4O4S/c1-34(32,33)29-12-7-19(8-13-29)14-23-15-21(6-10-26-23)25(31)27-16-24(30)18-28-11-9-20-4-2-3-5-22(20)17-28/h2-6,10,15,19,24,30H,7-9,11-14,16-18H2,1H3,(H,27,31)/t24-/m0/s1. The van der Waals surface area contributed by atoms with Gasteiger partial charge in [0.2, 0.25) is 10.0 Å². The molecule has 8 nitrogen and oxygen atoms in total. The summed E-state index contributed by atoms with van der Waals surface area (Å²) in [5, 5.41) is 13.3. The number of benzene rings is 1. The molecule has 0 aliphatic carbocycles. The summed E-state index contributed by atoms with van der Waals surface area (Å²) in [5.41, 5.74) is 4.03. The Hall–Kier alpha value is -2.33. The van der Waals surface area contributed by atoms with Crippen molar-refractivity contribution >= 4 is 15.9 Å². The molecule has 0 radical (unpaired) electrons. The third kappa shape index (κ3) is 6.63. The van der Waals surface area contributed by atoms with Crippen molar-refractivity contribution in [1.29, 1.82) is 0 Å². The number of nitrogens with zero attached hydrogens (tertiary/aromatic N) is 3. The summed E-state index contributed by atoms with van der Waals surface area (Å²) in [7, 11) is -3.13. The predicted octanol–water partition coefficient (Wildman–Crippen LogP) is 1.44. The molecule has 3 heterocycles. The summed E-state index contributed by atoms with van der Waals surface area (Å²) in [5.74, 6) is 0.124. The van der Waals surface area contributed by atoms with Gasteiger partial charge in [-0.05, 0) is 54.9 Å². The Morgan fingerprint density at radius 2 is 1.91 bits per heavy atom. The molecular formula is C25H34N4O4S. The van der Waals surface area contributed by atoms with Crippen molar-refractivity contribution in [3.05, 3.63) is 65.0 Å². The van der Waals surface area contributed by atoms with Crippen molar-refractivity contribution in [2.45, 2.75) is 38.3 Å². The molecule has 2 aliphatic heterocycles. The Labute approximate surface area is 202 Å². The first-order valence-corrected chi connectivity index (χ1v) is 13.8. The Kier molecular flexibility index (Phi) is 7.98. The maximum atomic E-state index is 12.7. The molecule has 34 heavy (non-hydrogen) atoms. The SMILES string of the molecule is CS(=O)(=O)N1CCC(Cc2cc(C(=O)NC[C@H](O)CN3CCc4ccccc4C3)ccn2)CC1. The van der Waals surface area contributed by atoms with E-state index in [4.69, 9.17) is 0 Å². The van der Waals surface area contributed by atoms with Crippen molar-refractivity contribution in [3.8, 4) is 0 Å². The number of hydrogen-bond acceptors (Lipinski definition) is 6. The van der Waals surface area contributed by atoms with E-state index in [1.807, 2.05) is 6.07 Å². The van der Waals surface area contributed by atoms with Crippen molar-refractivity contribution in [3.63, 3.8) is 0 Å². The molecule has 0 unspecified atom stereocenters. The fraction of sp³-hybridized carbons (Fsp3) is 0.520. The second-order valence-electron chi connectivity index (χ2n) is 9.46. The van der Waals surface area contributed by atoms with E-state index in [-0.39, 0.29) is 12.5 Å². The second kappa shape index (κ2) is 10.9. The number of carbonyl (C=O) groups excluding carboxylic acids is 1. The molecule has 9 heteroatoms. The zero-order valence-electron chi connectivity index (χ0n) is 19.7. The zero-order valence-corrected chi connectivity index (χ0v) is 20.5. The lowest BCUT2D eigenvalue weighted by molar-refractivity contribution is 0.0841. The minimum atomic E-state index is -3.13. The summed E-state index contributed by atoms with van der Waals surface area (Å²) in [4.78, 5) is 19.3. The van der Waals surface area contributed by atoms with E-state index >= 15 is 0 Å². The first kappa shape index (κ1) is 24.8. The molecule has 2 N–H and O–H groups in total. The van der Waals surface area contributed by atoms with Crippen LogP contribution in [0.1, 0.15) is 40.0 Å². The fourth-order valence-electron chi connectivity index (χ4n) is 4.86. The summed E-state index contributed by atoms with van der Waals surface area (Å²) >= 11 is 0. The van der Waals surface area contributed by atoms with E-state index in [0.29, 0.717) is 31.1 Å². The molecule has 0 bridgehead atoms. The van der Waals surface area contributed by atoms with Crippen LogP contribution in [0, 0.1) is 5.92 Å². The third-order valence-corrected chi connectivity index (χ3v) is 8.10. The van der Waals surface area contributed by atoms with Gasteiger partial charge >= 0.3 is 0 Å². The van der Waals surface area contributed by atoms with Crippen LogP contribution in [0.5, 0.6) is 0 Å². The number of aromatic nitrogens is 1. The molecule has 1 aromatic heterocycles. The van der Waals surface area contributed by atoms with E-state index < -0.39 is 16.1 Å². The minimum Gasteiger partial charge on any atom is -0.390 e. The molecule has 0 saturated carbocycles. The lowest BCUT2D eigenvalue weighted by Crippen LogP contribution is -2.42. The number of aliphatic hydroxyl groups excluding tert-OH is 1. The maximum Gasteiger partial charge on any atom is 0.251 e. The summed E-state index contributed by atoms with van der Waals surface area (Å²) in [6.45, 7) is 3.49. The van der Waals surface area contributed by atoms with Gasteiger partial charge in [-0.15, -0.1) is 0 Å². The van der Waals surface area contributed by atoms with Gasteiger partial charge in [-0.1, -0.05) is 24.3 Å². The van der Waals surface area contributed by atoms with Gasteiger partial charge in [0.15, 0.2) is 0 Å². The number of sulfonamides is 1. The second-order valence-corrected chi connectivity index (χ2v) is 11.4. The number of hydrogen-bond donors (Lipinski definition) is 2. The highest BCUT2D eigenvalue weighted by atomic mass is 32.2. The minimum absolute atomic E-state index is 0.193. The largest absolute Gasteiger partial charge is 0.390 e. The van der Waals surface area contributed by atoms with E-state index in [1.165, 1.54) is 21.7 Å². The third-order valence-electron chi connectivity index (χ3n) is 6.80. The first-order chi connectivity index (χ1) is 16.3. The number of amides is 1. The van der Waals surface area contributed by atoms with Crippen molar-refractivity contribution in [2.75, 3.05) is 39.0 Å². The molecule has 1 amide bonds. The quantitative estimate of drug-likeness (QED) is 0.586. The Bertz CT molecular complexity index is 1100. The summed E-state index contributed by atoms with van der Waals surface area (Å²) in [6.07, 6.45) is 5.52. The van der Waals surface area contributed by atoms with Gasteiger partial charge in [0.05, 0.1) is 12.4 Å². The lowest BCUT2D eigenvalue weighted by atomic mass is 9.92. The highest BCUT2D eigenvalue weighted by molar-refractivity contribution is 7.88. The van der Waals surface area contributed by atoms with E-state index in [9.17, 15) is 18.3 Å². The summed E-state index contributed by atoms with van der Waals surface area (Å²) in [6, 6.07) is 11.9. The molecule has 1 fully saturated rings. The van der Waals surface area contributed by atoms with Crippen molar-refractivity contribution in [1.82, 2.24) is 19.5 Å². The zero-order chi connectivity index (χ0) is 24.1. The molecule has 0 spiro atoms. The monoisotopic (exact) mass is 486 g/mol. The molecule has 4 rings (SSSR count). The molecule has 2 aliphatic rings. The molecule has 1 aromatic carbocycles. The van der Waals surface area contributed by atoms with Crippen LogP contribution in [-0.2, 0) is 29.4 Å². The van der Waals surface area contributed by atoms with E-state index in [0.717, 1.165) is 44.5 Å². The van der Waals surface area contributed by atoms with Crippen LogP contribution < -0.4 is 5.32 Å². The van der Waals surface area contributed by atoms with Crippen LogP contribution >= 0.6 is 0 Å². The topological polar surface area (TPSA) is 103 Å². The Balaban J connectivity index is 1.23. The van der Waals surface area contributed by atoms with Gasteiger partial charge in [-0.2, -0.15) is 0 Å². The average molecular weight is 487 g/mol. The van der Waals surface area contributed by atoms with Gasteiger partial charge in [0.1, 0.15) is 0 Å². The van der Waals surface area contributed by atoms with Crippen LogP contribution in [-0.4, -0.2) is 78.7 Å². The number of pyridine rings is 1. The molecule has 1 saturated heterocycles. The van der Waals surface area contributed by atoms with Crippen LogP contribution in [0.25, 0.3) is 0 Å². The number of rotatable bonds is 8. The van der Waals surface area contributed by atoms with Gasteiger partial charge in [-0.25, -0.2) is 12.7 Å². The normalized spacial score (nSPS) is 18.9. The van der Waals surface area contributed by atoms with Crippen LogP contribution in [0.15, 0.2) is 42.6 Å². The van der Waals surface area contributed by atoms with Crippen LogP contribution in [0.2, 0.25) is 0 Å². The number of fused-ring (bicyclic) bond motifs is 1. The number of piperidine rings is 1. The maximum absolute atomic E-state index is 12.7. The number of aliphatic hydroxyl groups is 1. The number of nitrogens with one attached hydrogen (secondary N) is 1. The molecule has 184 valence electrons.